The highest BCUT2D eigenvalue weighted by atomic mass is 19.1. The first-order valence-corrected chi connectivity index (χ1v) is 10.9. The molecule has 26 heavy (non-hydrogen) atoms. The van der Waals surface area contributed by atoms with E-state index in [1.54, 1.807) is 0 Å². The third kappa shape index (κ3) is 2.85. The summed E-state index contributed by atoms with van der Waals surface area (Å²) in [5.74, 6) is 3.02. The standard InChI is InChI=1S/C23H35FO2/c1-22-13-12-20-18(10-7-16-6-9-17(24)14-23(16,20)2)19(22)11-8-15(22)4-3-5-21(25)26/h14-16,18-20H,3-13H2,1-2H3,(H,25,26). The van der Waals surface area contributed by atoms with Crippen molar-refractivity contribution in [3.8, 4) is 0 Å². The lowest BCUT2D eigenvalue weighted by Gasteiger charge is -2.59. The molecule has 0 spiro atoms. The third-order valence-electron chi connectivity index (χ3n) is 9.30. The van der Waals surface area contributed by atoms with Gasteiger partial charge in [0.2, 0.25) is 0 Å². The number of rotatable bonds is 4. The molecule has 0 saturated heterocycles. The van der Waals surface area contributed by atoms with E-state index in [1.807, 2.05) is 6.08 Å². The molecule has 1 N–H and O–H groups in total. The summed E-state index contributed by atoms with van der Waals surface area (Å²) in [5.41, 5.74) is 0.466. The Morgan fingerprint density at radius 2 is 1.96 bits per heavy atom. The van der Waals surface area contributed by atoms with Gasteiger partial charge in [-0.15, -0.1) is 0 Å². The van der Waals surface area contributed by atoms with Gasteiger partial charge >= 0.3 is 5.97 Å². The molecule has 7 unspecified atom stereocenters. The maximum Gasteiger partial charge on any atom is 0.303 e. The van der Waals surface area contributed by atoms with Crippen LogP contribution in [0.5, 0.6) is 0 Å². The molecular formula is C23H35FO2. The molecule has 0 amide bonds. The number of hydrogen-bond donors (Lipinski definition) is 1. The molecule has 3 fully saturated rings. The Hall–Kier alpha value is -0.860. The number of carboxylic acid groups (broad SMARTS) is 1. The number of allylic oxidation sites excluding steroid dienone is 2. The van der Waals surface area contributed by atoms with Gasteiger partial charge in [-0.2, -0.15) is 0 Å². The van der Waals surface area contributed by atoms with E-state index in [9.17, 15) is 9.18 Å². The van der Waals surface area contributed by atoms with Gasteiger partial charge in [-0.3, -0.25) is 4.79 Å². The Bertz CT molecular complexity index is 599. The van der Waals surface area contributed by atoms with Gasteiger partial charge < -0.3 is 5.11 Å². The number of aliphatic carboxylic acids is 1. The molecule has 4 rings (SSSR count). The van der Waals surface area contributed by atoms with E-state index >= 15 is 0 Å². The molecule has 0 aromatic rings. The van der Waals surface area contributed by atoms with Crippen molar-refractivity contribution in [1.82, 2.24) is 0 Å². The second-order valence-corrected chi connectivity index (χ2v) is 10.3. The lowest BCUT2D eigenvalue weighted by Crippen LogP contribution is -2.51. The van der Waals surface area contributed by atoms with Gasteiger partial charge in [-0.1, -0.05) is 13.8 Å². The van der Waals surface area contributed by atoms with Crippen LogP contribution < -0.4 is 0 Å². The summed E-state index contributed by atoms with van der Waals surface area (Å²) in [4.78, 5) is 10.9. The van der Waals surface area contributed by atoms with E-state index < -0.39 is 5.97 Å². The predicted octanol–water partition coefficient (Wildman–Crippen LogP) is 6.36. The first kappa shape index (κ1) is 18.5. The van der Waals surface area contributed by atoms with E-state index in [-0.39, 0.29) is 11.2 Å². The zero-order chi connectivity index (χ0) is 18.5. The number of fused-ring (bicyclic) bond motifs is 5. The summed E-state index contributed by atoms with van der Waals surface area (Å²) < 4.78 is 14.2. The van der Waals surface area contributed by atoms with Crippen LogP contribution in [0.1, 0.15) is 84.5 Å². The number of carboxylic acids is 1. The van der Waals surface area contributed by atoms with E-state index in [2.05, 4.69) is 13.8 Å². The molecule has 0 aliphatic heterocycles. The third-order valence-corrected chi connectivity index (χ3v) is 9.30. The van der Waals surface area contributed by atoms with Crippen LogP contribution in [-0.4, -0.2) is 11.1 Å². The molecular weight excluding hydrogens is 327 g/mol. The average molecular weight is 363 g/mol. The number of hydrogen-bond acceptors (Lipinski definition) is 1. The molecule has 146 valence electrons. The summed E-state index contributed by atoms with van der Waals surface area (Å²) in [6, 6.07) is 0. The Kier molecular flexibility index (Phi) is 4.72. The second-order valence-electron chi connectivity index (χ2n) is 10.3. The molecule has 7 atom stereocenters. The minimum atomic E-state index is -0.661. The smallest absolute Gasteiger partial charge is 0.303 e. The first-order valence-electron chi connectivity index (χ1n) is 10.9. The fourth-order valence-corrected chi connectivity index (χ4v) is 7.95. The Morgan fingerprint density at radius 1 is 1.15 bits per heavy atom. The normalized spacial score (nSPS) is 47.5. The fraction of sp³-hybridized carbons (Fsp3) is 0.870. The molecule has 0 bridgehead atoms. The van der Waals surface area contributed by atoms with E-state index in [1.165, 1.54) is 38.5 Å². The molecule has 2 nitrogen and oxygen atoms in total. The summed E-state index contributed by atoms with van der Waals surface area (Å²) in [5, 5.41) is 8.96. The number of carbonyl (C=O) groups is 1. The van der Waals surface area contributed by atoms with Gasteiger partial charge in [-0.25, -0.2) is 4.39 Å². The van der Waals surface area contributed by atoms with Gasteiger partial charge in [0.15, 0.2) is 0 Å². The fourth-order valence-electron chi connectivity index (χ4n) is 7.95. The van der Waals surface area contributed by atoms with Gasteiger partial charge in [0.1, 0.15) is 0 Å². The Morgan fingerprint density at radius 3 is 2.73 bits per heavy atom. The van der Waals surface area contributed by atoms with E-state index in [4.69, 9.17) is 5.11 Å². The molecule has 0 aromatic carbocycles. The average Bonchev–Trinajstić information content (AvgIpc) is 2.90. The quantitative estimate of drug-likeness (QED) is 0.631. The maximum absolute atomic E-state index is 14.2. The van der Waals surface area contributed by atoms with Gasteiger partial charge in [-0.05, 0) is 111 Å². The Labute approximate surface area is 157 Å². The van der Waals surface area contributed by atoms with Crippen molar-refractivity contribution >= 4 is 5.97 Å². The highest BCUT2D eigenvalue weighted by Gasteiger charge is 2.59. The molecule has 0 aromatic heterocycles. The summed E-state index contributed by atoms with van der Waals surface area (Å²) in [6.07, 6.45) is 13.6. The van der Waals surface area contributed by atoms with E-state index in [0.29, 0.717) is 36.0 Å². The van der Waals surface area contributed by atoms with Crippen molar-refractivity contribution in [3.63, 3.8) is 0 Å². The minimum Gasteiger partial charge on any atom is -0.481 e. The molecule has 0 heterocycles. The van der Waals surface area contributed by atoms with Gasteiger partial charge in [0.05, 0.1) is 5.83 Å². The van der Waals surface area contributed by atoms with Crippen molar-refractivity contribution in [2.45, 2.75) is 84.5 Å². The highest BCUT2D eigenvalue weighted by molar-refractivity contribution is 5.66. The second kappa shape index (κ2) is 6.63. The topological polar surface area (TPSA) is 37.3 Å². The molecule has 3 saturated carbocycles. The largest absolute Gasteiger partial charge is 0.481 e. The van der Waals surface area contributed by atoms with Crippen LogP contribution in [0, 0.1) is 40.4 Å². The first-order chi connectivity index (χ1) is 12.3. The van der Waals surface area contributed by atoms with Crippen LogP contribution in [0.15, 0.2) is 11.9 Å². The van der Waals surface area contributed by atoms with Crippen LogP contribution >= 0.6 is 0 Å². The minimum absolute atomic E-state index is 0.0774. The molecule has 4 aliphatic rings. The summed E-state index contributed by atoms with van der Waals surface area (Å²) >= 11 is 0. The zero-order valence-corrected chi connectivity index (χ0v) is 16.5. The monoisotopic (exact) mass is 362 g/mol. The van der Waals surface area contributed by atoms with Crippen LogP contribution in [0.2, 0.25) is 0 Å². The van der Waals surface area contributed by atoms with Crippen molar-refractivity contribution in [1.29, 1.82) is 0 Å². The SMILES string of the molecule is CC12C=C(F)CCC1CCC1C2CCC2(C)C(CCCC(=O)O)CCC12. The van der Waals surface area contributed by atoms with Crippen LogP contribution in [0.3, 0.4) is 0 Å². The van der Waals surface area contributed by atoms with Gasteiger partial charge in [0, 0.05) is 6.42 Å². The number of halogens is 1. The van der Waals surface area contributed by atoms with Crippen LogP contribution in [0.25, 0.3) is 0 Å². The summed E-state index contributed by atoms with van der Waals surface area (Å²) in [7, 11) is 0. The van der Waals surface area contributed by atoms with Gasteiger partial charge in [0.25, 0.3) is 0 Å². The van der Waals surface area contributed by atoms with E-state index in [0.717, 1.165) is 31.1 Å². The highest BCUT2D eigenvalue weighted by Crippen LogP contribution is 2.67. The van der Waals surface area contributed by atoms with Crippen molar-refractivity contribution in [2.75, 3.05) is 0 Å². The lowest BCUT2D eigenvalue weighted by atomic mass is 9.46. The molecule has 4 aliphatic carbocycles. The molecule has 3 heteroatoms. The predicted molar refractivity (Wildman–Crippen MR) is 101 cm³/mol. The lowest BCUT2D eigenvalue weighted by molar-refractivity contribution is -0.137. The van der Waals surface area contributed by atoms with Crippen molar-refractivity contribution < 1.29 is 14.3 Å². The van der Waals surface area contributed by atoms with Crippen molar-refractivity contribution in [2.24, 2.45) is 40.4 Å². The molecule has 0 radical (unpaired) electrons. The zero-order valence-electron chi connectivity index (χ0n) is 16.5. The maximum atomic E-state index is 14.2. The summed E-state index contributed by atoms with van der Waals surface area (Å²) in [6.45, 7) is 4.85. The van der Waals surface area contributed by atoms with Crippen molar-refractivity contribution in [3.05, 3.63) is 11.9 Å². The van der Waals surface area contributed by atoms with Crippen LogP contribution in [0.4, 0.5) is 4.39 Å². The van der Waals surface area contributed by atoms with Crippen LogP contribution in [-0.2, 0) is 4.79 Å². The Balaban J connectivity index is 1.52.